The first kappa shape index (κ1) is 25.8. The van der Waals surface area contributed by atoms with Crippen LogP contribution < -0.4 is 15.6 Å². The van der Waals surface area contributed by atoms with Crippen LogP contribution in [0.1, 0.15) is 29.2 Å². The number of amides is 1. The van der Waals surface area contributed by atoms with Gasteiger partial charge in [-0.15, -0.1) is 0 Å². The van der Waals surface area contributed by atoms with E-state index in [-0.39, 0.29) is 35.1 Å². The molecule has 6 rings (SSSR count). The number of carboxylic acids is 1. The van der Waals surface area contributed by atoms with Gasteiger partial charge in [-0.3, -0.25) is 24.6 Å². The molecule has 14 heteroatoms. The Morgan fingerprint density at radius 2 is 1.93 bits per heavy atom. The van der Waals surface area contributed by atoms with Crippen LogP contribution in [0.3, 0.4) is 0 Å². The van der Waals surface area contributed by atoms with Gasteiger partial charge in [-0.05, 0) is 31.0 Å². The summed E-state index contributed by atoms with van der Waals surface area (Å²) in [5.74, 6) is -2.21. The third kappa shape index (κ3) is 4.86. The fraction of sp³-hybridized carbons (Fsp3) is 0.308. The smallest absolute Gasteiger partial charge is 0.341 e. The van der Waals surface area contributed by atoms with E-state index in [2.05, 4.69) is 10.3 Å². The van der Waals surface area contributed by atoms with Crippen LogP contribution in [0.5, 0.6) is 0 Å². The van der Waals surface area contributed by atoms with E-state index < -0.39 is 22.1 Å². The maximum atomic E-state index is 15.2. The summed E-state index contributed by atoms with van der Waals surface area (Å²) in [6.07, 6.45) is 3.08. The fourth-order valence-corrected chi connectivity index (χ4v) is 5.91. The quantitative estimate of drug-likeness (QED) is 0.253. The SMILES string of the molecule is O=C(CN1CCN(c2cc3c(cc2F)c(=O)c(C(=O)O)cn3C2CC2)CC1)Nc1nc2ccc([N+](=O)[O-])cc2s1. The van der Waals surface area contributed by atoms with Crippen molar-refractivity contribution in [2.75, 3.05) is 42.9 Å². The zero-order chi connectivity index (χ0) is 28.1. The highest BCUT2D eigenvalue weighted by molar-refractivity contribution is 7.22. The Kier molecular flexibility index (Phi) is 6.43. The van der Waals surface area contributed by atoms with E-state index >= 15 is 4.39 Å². The summed E-state index contributed by atoms with van der Waals surface area (Å²) in [5, 5.41) is 23.6. The summed E-state index contributed by atoms with van der Waals surface area (Å²) in [6, 6.07) is 7.16. The number of carbonyl (C=O) groups excluding carboxylic acids is 1. The highest BCUT2D eigenvalue weighted by Gasteiger charge is 2.29. The summed E-state index contributed by atoms with van der Waals surface area (Å²) >= 11 is 1.16. The van der Waals surface area contributed by atoms with Gasteiger partial charge >= 0.3 is 5.97 Å². The second-order valence-corrected chi connectivity index (χ2v) is 10.9. The number of thiazole rings is 1. The number of anilines is 2. The molecule has 0 spiro atoms. The molecule has 3 heterocycles. The monoisotopic (exact) mass is 566 g/mol. The second-order valence-electron chi connectivity index (χ2n) is 9.88. The Morgan fingerprint density at radius 3 is 2.60 bits per heavy atom. The van der Waals surface area contributed by atoms with Crippen molar-refractivity contribution < 1.29 is 24.0 Å². The van der Waals surface area contributed by atoms with Crippen LogP contribution in [0.25, 0.3) is 21.1 Å². The van der Waals surface area contributed by atoms with Crippen molar-refractivity contribution in [1.82, 2.24) is 14.5 Å². The number of carboxylic acid groups (broad SMARTS) is 1. The van der Waals surface area contributed by atoms with Crippen molar-refractivity contribution in [2.45, 2.75) is 18.9 Å². The molecule has 2 fully saturated rings. The van der Waals surface area contributed by atoms with Gasteiger partial charge in [0.1, 0.15) is 11.4 Å². The van der Waals surface area contributed by atoms with Crippen LogP contribution in [0.15, 0.2) is 41.3 Å². The Balaban J connectivity index is 1.14. The molecule has 4 aromatic rings. The van der Waals surface area contributed by atoms with Gasteiger partial charge in [0.15, 0.2) is 5.13 Å². The molecule has 1 saturated carbocycles. The summed E-state index contributed by atoms with van der Waals surface area (Å²) in [5.41, 5.74) is 0.283. The molecule has 1 amide bonds. The van der Waals surface area contributed by atoms with Crippen molar-refractivity contribution in [2.24, 2.45) is 0 Å². The normalized spacial score (nSPS) is 16.0. The Morgan fingerprint density at radius 1 is 1.18 bits per heavy atom. The molecule has 2 aromatic heterocycles. The van der Waals surface area contributed by atoms with Crippen LogP contribution in [-0.4, -0.2) is 69.1 Å². The van der Waals surface area contributed by atoms with Crippen molar-refractivity contribution in [3.8, 4) is 0 Å². The van der Waals surface area contributed by atoms with E-state index in [0.29, 0.717) is 52.7 Å². The fourth-order valence-electron chi connectivity index (χ4n) is 5.00. The molecule has 0 atom stereocenters. The number of nitro groups is 1. The molecular weight excluding hydrogens is 543 g/mol. The third-order valence-corrected chi connectivity index (χ3v) is 8.11. The Labute approximate surface area is 229 Å². The number of pyridine rings is 1. The van der Waals surface area contributed by atoms with E-state index in [4.69, 9.17) is 0 Å². The number of piperazine rings is 1. The number of carbonyl (C=O) groups is 2. The van der Waals surface area contributed by atoms with E-state index in [0.717, 1.165) is 30.2 Å². The van der Waals surface area contributed by atoms with Gasteiger partial charge in [-0.2, -0.15) is 0 Å². The molecule has 1 aliphatic carbocycles. The van der Waals surface area contributed by atoms with Crippen LogP contribution >= 0.6 is 11.3 Å². The average molecular weight is 567 g/mol. The lowest BCUT2D eigenvalue weighted by atomic mass is 10.1. The van der Waals surface area contributed by atoms with E-state index in [1.165, 1.54) is 18.3 Å². The zero-order valence-corrected chi connectivity index (χ0v) is 21.8. The number of fused-ring (bicyclic) bond motifs is 2. The molecule has 0 radical (unpaired) electrons. The molecule has 12 nitrogen and oxygen atoms in total. The Hall–Kier alpha value is -4.43. The predicted octanol–water partition coefficient (Wildman–Crippen LogP) is 3.45. The molecule has 0 unspecified atom stereocenters. The van der Waals surface area contributed by atoms with Crippen LogP contribution in [0.2, 0.25) is 0 Å². The lowest BCUT2D eigenvalue weighted by Gasteiger charge is -2.36. The molecule has 1 saturated heterocycles. The topological polar surface area (TPSA) is 151 Å². The highest BCUT2D eigenvalue weighted by atomic mass is 32.1. The van der Waals surface area contributed by atoms with Gasteiger partial charge in [0.2, 0.25) is 11.3 Å². The number of hydrogen-bond donors (Lipinski definition) is 2. The number of aromatic carboxylic acids is 1. The van der Waals surface area contributed by atoms with Crippen molar-refractivity contribution in [3.05, 3.63) is 68.2 Å². The molecule has 2 N–H and O–H groups in total. The standard InChI is InChI=1S/C26H23FN6O6S/c27-18-10-16-20(32(14-1-2-14)12-17(24(16)35)25(36)37)11-21(18)31-7-5-30(6-8-31)13-23(34)29-26-28-19-4-3-15(33(38)39)9-22(19)40-26/h3-4,9-12,14H,1-2,5-8,13H2,(H,36,37)(H,28,29,34). The molecule has 0 bridgehead atoms. The molecule has 1 aliphatic heterocycles. The minimum Gasteiger partial charge on any atom is -0.477 e. The average Bonchev–Trinajstić information content (AvgIpc) is 3.68. The number of non-ortho nitro benzene ring substituents is 1. The predicted molar refractivity (Wildman–Crippen MR) is 147 cm³/mol. The first-order valence-electron chi connectivity index (χ1n) is 12.6. The maximum absolute atomic E-state index is 15.2. The molecule has 40 heavy (non-hydrogen) atoms. The summed E-state index contributed by atoms with van der Waals surface area (Å²) in [6.45, 7) is 1.97. The van der Waals surface area contributed by atoms with Gasteiger partial charge in [0, 0.05) is 55.9 Å². The van der Waals surface area contributed by atoms with Gasteiger partial charge < -0.3 is 19.9 Å². The molecule has 2 aliphatic rings. The van der Waals surface area contributed by atoms with Gasteiger partial charge in [-0.1, -0.05) is 11.3 Å². The minimum absolute atomic E-state index is 0.0458. The number of halogens is 1. The maximum Gasteiger partial charge on any atom is 0.341 e. The number of nitro benzene ring substituents is 1. The first-order valence-corrected chi connectivity index (χ1v) is 13.4. The lowest BCUT2D eigenvalue weighted by molar-refractivity contribution is -0.384. The third-order valence-electron chi connectivity index (χ3n) is 7.18. The molecule has 206 valence electrons. The summed E-state index contributed by atoms with van der Waals surface area (Å²) < 4.78 is 17.6. The number of nitrogens with zero attached hydrogens (tertiary/aromatic N) is 5. The lowest BCUT2D eigenvalue weighted by Crippen LogP contribution is -2.49. The van der Waals surface area contributed by atoms with E-state index in [1.807, 2.05) is 9.80 Å². The number of rotatable bonds is 7. The first-order chi connectivity index (χ1) is 19.2. The minimum atomic E-state index is -1.34. The Bertz CT molecular complexity index is 1760. The zero-order valence-electron chi connectivity index (χ0n) is 21.0. The van der Waals surface area contributed by atoms with Crippen LogP contribution in [0, 0.1) is 15.9 Å². The summed E-state index contributed by atoms with van der Waals surface area (Å²) in [7, 11) is 0. The highest BCUT2D eigenvalue weighted by Crippen LogP contribution is 2.38. The van der Waals surface area contributed by atoms with Gasteiger partial charge in [0.05, 0.1) is 32.9 Å². The van der Waals surface area contributed by atoms with Gasteiger partial charge in [0.25, 0.3) is 5.69 Å². The van der Waals surface area contributed by atoms with E-state index in [1.54, 1.807) is 16.7 Å². The number of benzene rings is 2. The number of aromatic nitrogens is 2. The summed E-state index contributed by atoms with van der Waals surface area (Å²) in [4.78, 5) is 55.6. The van der Waals surface area contributed by atoms with Crippen LogP contribution in [0.4, 0.5) is 20.9 Å². The van der Waals surface area contributed by atoms with Gasteiger partial charge in [-0.25, -0.2) is 14.2 Å². The molecular formula is C26H23FN6O6S. The van der Waals surface area contributed by atoms with E-state index in [9.17, 15) is 29.6 Å². The largest absolute Gasteiger partial charge is 0.477 e. The number of nitrogens with one attached hydrogen (secondary N) is 1. The van der Waals surface area contributed by atoms with Crippen molar-refractivity contribution >= 4 is 60.8 Å². The number of hydrogen-bond acceptors (Lipinski definition) is 9. The molecule has 2 aromatic carbocycles. The van der Waals surface area contributed by atoms with Crippen molar-refractivity contribution in [1.29, 1.82) is 0 Å². The van der Waals surface area contributed by atoms with Crippen molar-refractivity contribution in [3.63, 3.8) is 0 Å². The second kappa shape index (κ2) is 9.95. The van der Waals surface area contributed by atoms with Crippen LogP contribution in [-0.2, 0) is 4.79 Å².